The number of hydrogen-bond donors (Lipinski definition) is 0. The van der Waals surface area contributed by atoms with E-state index in [0.29, 0.717) is 25.4 Å². The second kappa shape index (κ2) is 8.20. The first kappa shape index (κ1) is 16.0. The van der Waals surface area contributed by atoms with Gasteiger partial charge in [0, 0.05) is 17.7 Å². The van der Waals surface area contributed by atoms with Gasteiger partial charge in [0.25, 0.3) is 0 Å². The van der Waals surface area contributed by atoms with Gasteiger partial charge in [-0.05, 0) is 42.8 Å². The minimum Gasteiger partial charge on any atom is -0.496 e. The number of benzene rings is 2. The monoisotopic (exact) mass is 300 g/mol. The van der Waals surface area contributed by atoms with Crippen molar-refractivity contribution in [1.29, 1.82) is 0 Å². The number of hydrogen-bond acceptors (Lipinski definition) is 4. The zero-order valence-electron chi connectivity index (χ0n) is 12.9. The Balaban J connectivity index is 2.14. The van der Waals surface area contributed by atoms with Crippen LogP contribution in [0.1, 0.15) is 17.3 Å². The number of carbonyl (C=O) groups excluding carboxylic acids is 1. The highest BCUT2D eigenvalue weighted by Gasteiger charge is 2.07. The van der Waals surface area contributed by atoms with Crippen LogP contribution in [-0.2, 0) is 4.74 Å². The van der Waals surface area contributed by atoms with Crippen molar-refractivity contribution in [1.82, 2.24) is 0 Å². The van der Waals surface area contributed by atoms with Crippen LogP contribution in [-0.4, -0.2) is 33.2 Å². The molecule has 0 saturated heterocycles. The molecule has 0 aliphatic carbocycles. The number of aldehydes is 1. The van der Waals surface area contributed by atoms with Crippen LogP contribution in [0.15, 0.2) is 42.5 Å². The first-order valence-electron chi connectivity index (χ1n) is 7.22. The lowest BCUT2D eigenvalue weighted by molar-refractivity contribution is 0.110. The molecule has 0 N–H and O–H groups in total. The summed E-state index contributed by atoms with van der Waals surface area (Å²) in [6, 6.07) is 13.0. The first-order valence-corrected chi connectivity index (χ1v) is 7.22. The van der Waals surface area contributed by atoms with Crippen molar-refractivity contribution in [3.05, 3.63) is 48.0 Å². The fourth-order valence-corrected chi connectivity index (χ4v) is 2.12. The summed E-state index contributed by atoms with van der Waals surface area (Å²) >= 11 is 0. The normalized spacial score (nSPS) is 10.3. The molecule has 2 rings (SSSR count). The third kappa shape index (κ3) is 4.09. The molecule has 0 atom stereocenters. The minimum absolute atomic E-state index is 0.525. The number of ether oxygens (including phenoxy) is 3. The summed E-state index contributed by atoms with van der Waals surface area (Å²) in [6.07, 6.45) is 0.828. The van der Waals surface area contributed by atoms with Gasteiger partial charge in [-0.15, -0.1) is 0 Å². The minimum atomic E-state index is 0.525. The second-order valence-electron chi connectivity index (χ2n) is 4.65. The van der Waals surface area contributed by atoms with Crippen LogP contribution >= 0.6 is 0 Å². The summed E-state index contributed by atoms with van der Waals surface area (Å²) in [6.45, 7) is 3.75. The zero-order chi connectivity index (χ0) is 15.8. The Bertz CT molecular complexity index is 605. The predicted octanol–water partition coefficient (Wildman–Crippen LogP) is 3.59. The molecule has 0 bridgehead atoms. The molecule has 0 aliphatic heterocycles. The van der Waals surface area contributed by atoms with Crippen LogP contribution in [0, 0.1) is 0 Å². The van der Waals surface area contributed by atoms with E-state index < -0.39 is 0 Å². The Morgan fingerprint density at radius 3 is 2.45 bits per heavy atom. The Morgan fingerprint density at radius 2 is 1.82 bits per heavy atom. The van der Waals surface area contributed by atoms with E-state index in [9.17, 15) is 4.79 Å². The van der Waals surface area contributed by atoms with Crippen molar-refractivity contribution in [2.24, 2.45) is 0 Å². The molecule has 0 radical (unpaired) electrons. The quantitative estimate of drug-likeness (QED) is 0.552. The van der Waals surface area contributed by atoms with Gasteiger partial charge in [-0.2, -0.15) is 0 Å². The molecule has 0 amide bonds. The third-order valence-electron chi connectivity index (χ3n) is 3.23. The Kier molecular flexibility index (Phi) is 5.98. The fraction of sp³-hybridized carbons (Fsp3) is 0.278. The smallest absolute Gasteiger partial charge is 0.150 e. The largest absolute Gasteiger partial charge is 0.496 e. The van der Waals surface area contributed by atoms with Crippen LogP contribution in [0.5, 0.6) is 11.5 Å². The molecule has 0 fully saturated rings. The van der Waals surface area contributed by atoms with Gasteiger partial charge in [0.2, 0.25) is 0 Å². The van der Waals surface area contributed by atoms with E-state index in [0.717, 1.165) is 28.9 Å². The first-order chi connectivity index (χ1) is 10.8. The molecule has 0 aromatic heterocycles. The van der Waals surface area contributed by atoms with E-state index in [2.05, 4.69) is 0 Å². The summed E-state index contributed by atoms with van der Waals surface area (Å²) in [7, 11) is 1.62. The molecule has 4 heteroatoms. The van der Waals surface area contributed by atoms with Crippen LogP contribution in [0.3, 0.4) is 0 Å². The van der Waals surface area contributed by atoms with Gasteiger partial charge >= 0.3 is 0 Å². The van der Waals surface area contributed by atoms with E-state index in [4.69, 9.17) is 14.2 Å². The topological polar surface area (TPSA) is 44.8 Å². The van der Waals surface area contributed by atoms with Crippen LogP contribution < -0.4 is 9.47 Å². The molecular weight excluding hydrogens is 280 g/mol. The van der Waals surface area contributed by atoms with Gasteiger partial charge in [0.15, 0.2) is 0 Å². The lowest BCUT2D eigenvalue weighted by Crippen LogP contribution is -2.06. The predicted molar refractivity (Wildman–Crippen MR) is 85.8 cm³/mol. The number of methoxy groups -OCH3 is 1. The van der Waals surface area contributed by atoms with E-state index in [1.807, 2.05) is 37.3 Å². The molecule has 116 valence electrons. The molecule has 22 heavy (non-hydrogen) atoms. The molecule has 0 spiro atoms. The molecular formula is C18H20O4. The Labute approximate surface area is 130 Å². The van der Waals surface area contributed by atoms with E-state index in [1.54, 1.807) is 19.2 Å². The van der Waals surface area contributed by atoms with Crippen molar-refractivity contribution in [2.75, 3.05) is 26.9 Å². The molecule has 0 aliphatic rings. The van der Waals surface area contributed by atoms with Crippen molar-refractivity contribution < 1.29 is 19.0 Å². The van der Waals surface area contributed by atoms with Crippen molar-refractivity contribution in [2.45, 2.75) is 6.92 Å². The lowest BCUT2D eigenvalue weighted by atomic mass is 10.0. The summed E-state index contributed by atoms with van der Waals surface area (Å²) in [5, 5.41) is 0. The standard InChI is InChI=1S/C18H20O4/c1-3-21-10-11-22-16-7-5-15(6-8-16)17-12-14(13-19)4-9-18(17)20-2/h4-9,12-13H,3,10-11H2,1-2H3. The second-order valence-corrected chi connectivity index (χ2v) is 4.65. The zero-order valence-corrected chi connectivity index (χ0v) is 12.9. The van der Waals surface area contributed by atoms with Crippen LogP contribution in [0.2, 0.25) is 0 Å². The maximum Gasteiger partial charge on any atom is 0.150 e. The summed E-state index contributed by atoms with van der Waals surface area (Å²) in [4.78, 5) is 10.9. The van der Waals surface area contributed by atoms with Crippen LogP contribution in [0.25, 0.3) is 11.1 Å². The summed E-state index contributed by atoms with van der Waals surface area (Å²) in [5.41, 5.74) is 2.47. The molecule has 4 nitrogen and oxygen atoms in total. The van der Waals surface area contributed by atoms with Crippen LogP contribution in [0.4, 0.5) is 0 Å². The van der Waals surface area contributed by atoms with E-state index >= 15 is 0 Å². The Morgan fingerprint density at radius 1 is 1.05 bits per heavy atom. The molecule has 2 aromatic rings. The number of carbonyl (C=O) groups is 1. The average Bonchev–Trinajstić information content (AvgIpc) is 2.58. The van der Waals surface area contributed by atoms with Gasteiger partial charge in [-0.3, -0.25) is 4.79 Å². The van der Waals surface area contributed by atoms with Gasteiger partial charge in [-0.25, -0.2) is 0 Å². The molecule has 2 aromatic carbocycles. The summed E-state index contributed by atoms with van der Waals surface area (Å²) < 4.78 is 16.2. The number of rotatable bonds is 8. The highest BCUT2D eigenvalue weighted by atomic mass is 16.5. The van der Waals surface area contributed by atoms with Gasteiger partial charge in [0.1, 0.15) is 24.4 Å². The van der Waals surface area contributed by atoms with E-state index in [1.165, 1.54) is 0 Å². The third-order valence-corrected chi connectivity index (χ3v) is 3.23. The maximum atomic E-state index is 10.9. The SMILES string of the molecule is CCOCCOc1ccc(-c2cc(C=O)ccc2OC)cc1. The van der Waals surface area contributed by atoms with Gasteiger partial charge < -0.3 is 14.2 Å². The van der Waals surface area contributed by atoms with E-state index in [-0.39, 0.29) is 0 Å². The summed E-state index contributed by atoms with van der Waals surface area (Å²) in [5.74, 6) is 1.52. The van der Waals surface area contributed by atoms with Gasteiger partial charge in [0.05, 0.1) is 13.7 Å². The van der Waals surface area contributed by atoms with Gasteiger partial charge in [-0.1, -0.05) is 12.1 Å². The fourth-order valence-electron chi connectivity index (χ4n) is 2.12. The maximum absolute atomic E-state index is 10.9. The van der Waals surface area contributed by atoms with Crippen molar-refractivity contribution in [3.63, 3.8) is 0 Å². The van der Waals surface area contributed by atoms with Crippen molar-refractivity contribution >= 4 is 6.29 Å². The average molecular weight is 300 g/mol. The molecule has 0 heterocycles. The Hall–Kier alpha value is -2.33. The lowest BCUT2D eigenvalue weighted by Gasteiger charge is -2.11. The van der Waals surface area contributed by atoms with Crippen molar-refractivity contribution in [3.8, 4) is 22.6 Å². The molecule has 0 unspecified atom stereocenters. The highest BCUT2D eigenvalue weighted by molar-refractivity contribution is 5.81. The molecule has 0 saturated carbocycles. The highest BCUT2D eigenvalue weighted by Crippen LogP contribution is 2.31.